The number of aromatic amines is 1. The molecule has 3 aromatic carbocycles. The maximum atomic E-state index is 14.0. The fraction of sp³-hybridized carbons (Fsp3) is 0.273. The number of benzene rings is 3. The Morgan fingerprint density at radius 2 is 1.84 bits per heavy atom. The third-order valence-corrected chi connectivity index (χ3v) is 9.34. The number of nitrogens with one attached hydrogen (secondary N) is 2. The van der Waals surface area contributed by atoms with Gasteiger partial charge in [-0.2, -0.15) is 0 Å². The van der Waals surface area contributed by atoms with Crippen molar-refractivity contribution in [2.75, 3.05) is 34.1 Å². The lowest BCUT2D eigenvalue weighted by Gasteiger charge is -2.19. The second kappa shape index (κ2) is 10.8. The monoisotopic (exact) mass is 643 g/mol. The van der Waals surface area contributed by atoms with E-state index in [9.17, 15) is 19.5 Å². The van der Waals surface area contributed by atoms with Gasteiger partial charge in [0.1, 0.15) is 22.9 Å². The number of phenols is 1. The normalized spacial score (nSPS) is 15.9. The molecule has 2 aromatic heterocycles. The standard InChI is InChI=1S/C33H30ClN5O5S/c1-33(2,3)44-32(43)37-27-16-45-29(36-27)31(42)38-11-10-18-21-12-23(35-22(21)8-9-24(18)38)30(41)39-15-17(14-34)28-20-7-5-4-6-19(20)26(40)13-25(28)39/h4-9,12-13,16-17,35,40H,10-11,14-15H2,1-3H3,(H,37,43)/t17-/m0/s1. The minimum atomic E-state index is -0.657. The lowest BCUT2D eigenvalue weighted by atomic mass is 9.95. The number of alkyl halides is 1. The van der Waals surface area contributed by atoms with E-state index >= 15 is 0 Å². The average molecular weight is 644 g/mol. The summed E-state index contributed by atoms with van der Waals surface area (Å²) in [7, 11) is 0. The quantitative estimate of drug-likeness (QED) is 0.181. The number of amides is 3. The van der Waals surface area contributed by atoms with Crippen LogP contribution >= 0.6 is 22.9 Å². The number of anilines is 3. The Labute approximate surface area is 267 Å². The number of carbonyl (C=O) groups excluding carboxylic acids is 3. The Bertz CT molecular complexity index is 2030. The summed E-state index contributed by atoms with van der Waals surface area (Å²) in [6, 6.07) is 14.8. The minimum absolute atomic E-state index is 0.0741. The molecule has 0 bridgehead atoms. The zero-order chi connectivity index (χ0) is 31.6. The summed E-state index contributed by atoms with van der Waals surface area (Å²) in [4.78, 5) is 50.5. The predicted octanol–water partition coefficient (Wildman–Crippen LogP) is 7.02. The van der Waals surface area contributed by atoms with Crippen molar-refractivity contribution in [2.45, 2.75) is 38.7 Å². The first-order chi connectivity index (χ1) is 21.5. The Morgan fingerprint density at radius 3 is 2.60 bits per heavy atom. The molecule has 12 heteroatoms. The molecule has 0 spiro atoms. The van der Waals surface area contributed by atoms with E-state index in [0.717, 1.165) is 49.8 Å². The molecule has 7 rings (SSSR count). The molecule has 0 unspecified atom stereocenters. The molecule has 10 nitrogen and oxygen atoms in total. The number of thiazole rings is 1. The fourth-order valence-corrected chi connectivity index (χ4v) is 7.23. The van der Waals surface area contributed by atoms with E-state index in [4.69, 9.17) is 16.3 Å². The van der Waals surface area contributed by atoms with Gasteiger partial charge in [0.2, 0.25) is 0 Å². The third-order valence-electron chi connectivity index (χ3n) is 8.13. The van der Waals surface area contributed by atoms with Crippen LogP contribution in [-0.2, 0) is 11.2 Å². The molecule has 45 heavy (non-hydrogen) atoms. The molecular formula is C33H30ClN5O5S. The third kappa shape index (κ3) is 5.05. The molecule has 3 amide bonds. The van der Waals surface area contributed by atoms with Gasteiger partial charge in [0.05, 0.1) is 5.69 Å². The number of carbonyl (C=O) groups is 3. The molecule has 0 aliphatic carbocycles. The second-order valence-corrected chi connectivity index (χ2v) is 13.4. The number of nitrogens with zero attached hydrogens (tertiary/aromatic N) is 3. The van der Waals surface area contributed by atoms with Gasteiger partial charge in [-0.25, -0.2) is 9.78 Å². The Morgan fingerprint density at radius 1 is 1.07 bits per heavy atom. The molecule has 0 radical (unpaired) electrons. The summed E-state index contributed by atoms with van der Waals surface area (Å²) in [6.45, 7) is 6.16. The summed E-state index contributed by atoms with van der Waals surface area (Å²) >= 11 is 7.53. The summed E-state index contributed by atoms with van der Waals surface area (Å²) in [5.41, 5.74) is 3.89. The largest absolute Gasteiger partial charge is 0.507 e. The van der Waals surface area contributed by atoms with Crippen LogP contribution in [0, 0.1) is 0 Å². The van der Waals surface area contributed by atoms with Crippen molar-refractivity contribution in [3.05, 3.63) is 75.7 Å². The molecule has 230 valence electrons. The maximum Gasteiger partial charge on any atom is 0.413 e. The van der Waals surface area contributed by atoms with Crippen LogP contribution in [0.3, 0.4) is 0 Å². The highest BCUT2D eigenvalue weighted by Crippen LogP contribution is 2.46. The summed E-state index contributed by atoms with van der Waals surface area (Å²) in [5, 5.41) is 17.7. The van der Waals surface area contributed by atoms with Crippen molar-refractivity contribution in [1.29, 1.82) is 0 Å². The maximum absolute atomic E-state index is 14.0. The lowest BCUT2D eigenvalue weighted by Crippen LogP contribution is -2.30. The summed E-state index contributed by atoms with van der Waals surface area (Å²) in [5.74, 6) is 0.145. The lowest BCUT2D eigenvalue weighted by molar-refractivity contribution is 0.0634. The van der Waals surface area contributed by atoms with Crippen LogP contribution in [0.15, 0.2) is 53.9 Å². The van der Waals surface area contributed by atoms with E-state index in [2.05, 4.69) is 15.3 Å². The summed E-state index contributed by atoms with van der Waals surface area (Å²) < 4.78 is 5.27. The number of fused-ring (bicyclic) bond motifs is 6. The van der Waals surface area contributed by atoms with E-state index in [-0.39, 0.29) is 34.3 Å². The van der Waals surface area contributed by atoms with Crippen LogP contribution in [-0.4, -0.2) is 57.6 Å². The van der Waals surface area contributed by atoms with E-state index in [1.54, 1.807) is 42.0 Å². The molecule has 2 aliphatic rings. The number of aromatic hydroxyl groups is 1. The zero-order valence-electron chi connectivity index (χ0n) is 24.8. The Balaban J connectivity index is 1.15. The van der Waals surface area contributed by atoms with Crippen molar-refractivity contribution in [1.82, 2.24) is 9.97 Å². The first-order valence-electron chi connectivity index (χ1n) is 14.6. The number of hydrogen-bond acceptors (Lipinski definition) is 7. The predicted molar refractivity (Wildman–Crippen MR) is 176 cm³/mol. The molecular weight excluding hydrogens is 614 g/mol. The molecule has 0 saturated heterocycles. The highest BCUT2D eigenvalue weighted by atomic mass is 35.5. The van der Waals surface area contributed by atoms with Crippen molar-refractivity contribution in [2.24, 2.45) is 0 Å². The van der Waals surface area contributed by atoms with Crippen LogP contribution in [0.25, 0.3) is 21.7 Å². The van der Waals surface area contributed by atoms with Gasteiger partial charge in [-0.3, -0.25) is 14.9 Å². The number of ether oxygens (including phenoxy) is 1. The molecule has 5 aromatic rings. The second-order valence-electron chi connectivity index (χ2n) is 12.2. The fourth-order valence-electron chi connectivity index (χ4n) is 6.28. The smallest absolute Gasteiger partial charge is 0.413 e. The van der Waals surface area contributed by atoms with Crippen LogP contribution < -0.4 is 15.1 Å². The van der Waals surface area contributed by atoms with E-state index in [1.807, 2.05) is 42.5 Å². The van der Waals surface area contributed by atoms with Gasteiger partial charge < -0.3 is 24.6 Å². The van der Waals surface area contributed by atoms with E-state index < -0.39 is 11.7 Å². The number of H-pyrrole nitrogens is 1. The average Bonchev–Trinajstić information content (AvgIpc) is 3.79. The van der Waals surface area contributed by atoms with Crippen molar-refractivity contribution >= 4 is 79.7 Å². The van der Waals surface area contributed by atoms with Crippen LogP contribution in [0.4, 0.5) is 22.0 Å². The molecule has 0 saturated carbocycles. The van der Waals surface area contributed by atoms with E-state index in [0.29, 0.717) is 36.8 Å². The number of halogens is 1. The Kier molecular flexibility index (Phi) is 6.97. The molecule has 2 aliphatic heterocycles. The zero-order valence-corrected chi connectivity index (χ0v) is 26.4. The highest BCUT2D eigenvalue weighted by molar-refractivity contribution is 7.12. The number of rotatable bonds is 4. The van der Waals surface area contributed by atoms with E-state index in [1.165, 1.54) is 0 Å². The van der Waals surface area contributed by atoms with Crippen LogP contribution in [0.1, 0.15) is 58.1 Å². The number of aromatic nitrogens is 2. The highest BCUT2D eigenvalue weighted by Gasteiger charge is 2.36. The van der Waals surface area contributed by atoms with Gasteiger partial charge in [-0.15, -0.1) is 22.9 Å². The van der Waals surface area contributed by atoms with Crippen LogP contribution in [0.2, 0.25) is 0 Å². The molecule has 4 heterocycles. The first-order valence-corrected chi connectivity index (χ1v) is 16.0. The SMILES string of the molecule is CC(C)(C)OC(=O)Nc1csc(C(=O)N2CCc3c2ccc2[nH]c(C(=O)N4C[C@H](CCl)c5c4cc(O)c4ccccc54)cc32)n1. The minimum Gasteiger partial charge on any atom is -0.507 e. The first kappa shape index (κ1) is 29.1. The van der Waals surface area contributed by atoms with Crippen molar-refractivity contribution in [3.63, 3.8) is 0 Å². The van der Waals surface area contributed by atoms with Crippen molar-refractivity contribution < 1.29 is 24.2 Å². The van der Waals surface area contributed by atoms with Crippen molar-refractivity contribution in [3.8, 4) is 5.75 Å². The topological polar surface area (TPSA) is 128 Å². The van der Waals surface area contributed by atoms with Gasteiger partial charge in [0, 0.05) is 58.3 Å². The Hall–Kier alpha value is -4.61. The molecule has 3 N–H and O–H groups in total. The van der Waals surface area contributed by atoms with Gasteiger partial charge in [-0.1, -0.05) is 24.3 Å². The summed E-state index contributed by atoms with van der Waals surface area (Å²) in [6.07, 6.45) is -0.0294. The molecule has 0 fully saturated rings. The number of phenolic OH excluding ortho intramolecular Hbond substituents is 1. The van der Waals surface area contributed by atoms with Gasteiger partial charge in [-0.05, 0) is 61.9 Å². The van der Waals surface area contributed by atoms with Crippen LogP contribution in [0.5, 0.6) is 5.75 Å². The molecule has 1 atom stereocenters. The van der Waals surface area contributed by atoms with Gasteiger partial charge >= 0.3 is 6.09 Å². The number of hydrogen-bond donors (Lipinski definition) is 3. The van der Waals surface area contributed by atoms with Gasteiger partial charge in [0.25, 0.3) is 11.8 Å². The van der Waals surface area contributed by atoms with Gasteiger partial charge in [0.15, 0.2) is 5.01 Å².